The van der Waals surface area contributed by atoms with Gasteiger partial charge in [0.05, 0.1) is 5.92 Å². The smallest absolute Gasteiger partial charge is 0.314 e. The van der Waals surface area contributed by atoms with Gasteiger partial charge in [0.1, 0.15) is 0 Å². The number of hydrogen-bond acceptors (Lipinski definition) is 3. The van der Waals surface area contributed by atoms with Crippen molar-refractivity contribution in [2.45, 2.75) is 20.3 Å². The topological polar surface area (TPSA) is 81.7 Å². The summed E-state index contributed by atoms with van der Waals surface area (Å²) in [6.07, 6.45) is 0.442. The highest BCUT2D eigenvalue weighted by Crippen LogP contribution is 1.99. The molecule has 0 aliphatic rings. The standard InChI is InChI=1S/C11H23N3O3/c1-4-14(3)8-7-13-11(17)12-6-5-9(2)10(15)16/h9H,4-8H2,1-3H3,(H,15,16)(H2,12,13,17). The summed E-state index contributed by atoms with van der Waals surface area (Å²) < 4.78 is 0. The molecule has 0 aliphatic carbocycles. The van der Waals surface area contributed by atoms with Gasteiger partial charge in [0.25, 0.3) is 0 Å². The Kier molecular flexibility index (Phi) is 8.13. The van der Waals surface area contributed by atoms with Crippen LogP contribution >= 0.6 is 0 Å². The van der Waals surface area contributed by atoms with Crippen molar-refractivity contribution in [3.63, 3.8) is 0 Å². The number of carbonyl (C=O) groups is 2. The quantitative estimate of drug-likeness (QED) is 0.576. The van der Waals surface area contributed by atoms with Gasteiger partial charge in [0, 0.05) is 19.6 Å². The second kappa shape index (κ2) is 8.81. The van der Waals surface area contributed by atoms with E-state index in [0.29, 0.717) is 19.5 Å². The van der Waals surface area contributed by atoms with Crippen molar-refractivity contribution in [1.29, 1.82) is 0 Å². The van der Waals surface area contributed by atoms with Crippen molar-refractivity contribution in [2.75, 3.05) is 33.2 Å². The highest BCUT2D eigenvalue weighted by atomic mass is 16.4. The van der Waals surface area contributed by atoms with E-state index in [4.69, 9.17) is 5.11 Å². The summed E-state index contributed by atoms with van der Waals surface area (Å²) in [6, 6.07) is -0.243. The minimum Gasteiger partial charge on any atom is -0.481 e. The minimum absolute atomic E-state index is 0.243. The molecule has 17 heavy (non-hydrogen) atoms. The minimum atomic E-state index is -0.836. The van der Waals surface area contributed by atoms with Crippen molar-refractivity contribution in [3.8, 4) is 0 Å². The summed E-state index contributed by atoms with van der Waals surface area (Å²) in [4.78, 5) is 23.9. The van der Waals surface area contributed by atoms with Crippen molar-refractivity contribution in [2.24, 2.45) is 5.92 Å². The zero-order valence-electron chi connectivity index (χ0n) is 10.8. The van der Waals surface area contributed by atoms with E-state index in [1.807, 2.05) is 14.0 Å². The fourth-order valence-electron chi connectivity index (χ4n) is 1.11. The van der Waals surface area contributed by atoms with Crippen molar-refractivity contribution < 1.29 is 14.7 Å². The van der Waals surface area contributed by atoms with Crippen LogP contribution in [0.1, 0.15) is 20.3 Å². The van der Waals surface area contributed by atoms with E-state index in [-0.39, 0.29) is 6.03 Å². The number of amides is 2. The monoisotopic (exact) mass is 245 g/mol. The molecule has 0 spiro atoms. The molecule has 0 aromatic rings. The molecule has 6 heteroatoms. The number of carboxylic acid groups (broad SMARTS) is 1. The number of carboxylic acids is 1. The predicted octanol–water partition coefficient (Wildman–Crippen LogP) is 0.348. The second-order valence-electron chi connectivity index (χ2n) is 4.11. The Morgan fingerprint density at radius 3 is 2.41 bits per heavy atom. The molecule has 0 rings (SSSR count). The predicted molar refractivity (Wildman–Crippen MR) is 66.0 cm³/mol. The van der Waals surface area contributed by atoms with E-state index in [2.05, 4.69) is 15.5 Å². The second-order valence-corrected chi connectivity index (χ2v) is 4.11. The molecule has 0 heterocycles. The van der Waals surface area contributed by atoms with Gasteiger partial charge in [0.2, 0.25) is 0 Å². The lowest BCUT2D eigenvalue weighted by molar-refractivity contribution is -0.141. The van der Waals surface area contributed by atoms with Crippen molar-refractivity contribution in [3.05, 3.63) is 0 Å². The normalized spacial score (nSPS) is 12.2. The summed E-state index contributed by atoms with van der Waals surface area (Å²) in [5.74, 6) is -1.27. The number of likely N-dealkylation sites (N-methyl/N-ethyl adjacent to an activating group) is 1. The van der Waals surface area contributed by atoms with Crippen LogP contribution in [0.3, 0.4) is 0 Å². The molecule has 3 N–H and O–H groups in total. The first-order chi connectivity index (χ1) is 7.97. The van der Waals surface area contributed by atoms with Gasteiger partial charge in [-0.05, 0) is 20.0 Å². The number of nitrogens with one attached hydrogen (secondary N) is 2. The van der Waals surface area contributed by atoms with Crippen LogP contribution in [0.15, 0.2) is 0 Å². The largest absolute Gasteiger partial charge is 0.481 e. The Morgan fingerprint density at radius 2 is 1.88 bits per heavy atom. The molecular weight excluding hydrogens is 222 g/mol. The Balaban J connectivity index is 3.50. The fraction of sp³-hybridized carbons (Fsp3) is 0.818. The number of nitrogens with zero attached hydrogens (tertiary/aromatic N) is 1. The van der Waals surface area contributed by atoms with E-state index in [9.17, 15) is 9.59 Å². The van der Waals surface area contributed by atoms with Crippen LogP contribution in [-0.4, -0.2) is 55.2 Å². The van der Waals surface area contributed by atoms with Gasteiger partial charge in [-0.2, -0.15) is 0 Å². The molecule has 0 bridgehead atoms. The maximum atomic E-state index is 11.3. The van der Waals surface area contributed by atoms with Crippen LogP contribution in [0.2, 0.25) is 0 Å². The van der Waals surface area contributed by atoms with Gasteiger partial charge in [0.15, 0.2) is 0 Å². The molecule has 2 amide bonds. The SMILES string of the molecule is CCN(C)CCNC(=O)NCCC(C)C(=O)O. The van der Waals surface area contributed by atoms with Crippen LogP contribution in [0.4, 0.5) is 4.79 Å². The lowest BCUT2D eigenvalue weighted by Gasteiger charge is -2.14. The van der Waals surface area contributed by atoms with Crippen molar-refractivity contribution in [1.82, 2.24) is 15.5 Å². The molecule has 0 saturated heterocycles. The molecule has 0 saturated carbocycles. The number of hydrogen-bond donors (Lipinski definition) is 3. The average molecular weight is 245 g/mol. The summed E-state index contributed by atoms with van der Waals surface area (Å²) in [7, 11) is 1.98. The zero-order valence-corrected chi connectivity index (χ0v) is 10.8. The van der Waals surface area contributed by atoms with Crippen LogP contribution in [-0.2, 0) is 4.79 Å². The van der Waals surface area contributed by atoms with Gasteiger partial charge >= 0.3 is 12.0 Å². The van der Waals surface area contributed by atoms with Crippen LogP contribution < -0.4 is 10.6 Å². The fourth-order valence-corrected chi connectivity index (χ4v) is 1.11. The first kappa shape index (κ1) is 15.7. The zero-order chi connectivity index (χ0) is 13.3. The molecule has 100 valence electrons. The number of carbonyl (C=O) groups excluding carboxylic acids is 1. The van der Waals surface area contributed by atoms with Gasteiger partial charge < -0.3 is 20.6 Å². The van der Waals surface area contributed by atoms with Gasteiger partial charge in [-0.1, -0.05) is 13.8 Å². The lowest BCUT2D eigenvalue weighted by Crippen LogP contribution is -2.40. The number of rotatable bonds is 8. The van der Waals surface area contributed by atoms with Crippen LogP contribution in [0, 0.1) is 5.92 Å². The van der Waals surface area contributed by atoms with Gasteiger partial charge in [-0.25, -0.2) is 4.79 Å². The molecule has 0 fully saturated rings. The third-order valence-electron chi connectivity index (χ3n) is 2.60. The summed E-state index contributed by atoms with van der Waals surface area (Å²) in [5.41, 5.74) is 0. The lowest BCUT2D eigenvalue weighted by atomic mass is 10.1. The molecule has 0 aliphatic heterocycles. The van der Waals surface area contributed by atoms with E-state index >= 15 is 0 Å². The third kappa shape index (κ3) is 8.50. The highest BCUT2D eigenvalue weighted by molar-refractivity contribution is 5.74. The van der Waals surface area contributed by atoms with Crippen molar-refractivity contribution >= 4 is 12.0 Å². The Hall–Kier alpha value is -1.30. The Bertz CT molecular complexity index is 246. The average Bonchev–Trinajstić information content (AvgIpc) is 2.28. The van der Waals surface area contributed by atoms with E-state index in [1.54, 1.807) is 6.92 Å². The molecule has 1 atom stereocenters. The van der Waals surface area contributed by atoms with E-state index in [0.717, 1.165) is 13.1 Å². The van der Waals surface area contributed by atoms with E-state index in [1.165, 1.54) is 0 Å². The molecular formula is C11H23N3O3. The molecule has 0 radical (unpaired) electrons. The molecule has 1 unspecified atom stereocenters. The molecule has 0 aromatic heterocycles. The highest BCUT2D eigenvalue weighted by Gasteiger charge is 2.10. The summed E-state index contributed by atoms with van der Waals surface area (Å²) in [5, 5.41) is 14.0. The summed E-state index contributed by atoms with van der Waals surface area (Å²) >= 11 is 0. The first-order valence-corrected chi connectivity index (χ1v) is 5.90. The van der Waals surface area contributed by atoms with Crippen LogP contribution in [0.5, 0.6) is 0 Å². The number of urea groups is 1. The molecule has 0 aromatic carbocycles. The van der Waals surface area contributed by atoms with Gasteiger partial charge in [-0.15, -0.1) is 0 Å². The Labute approximate surface area is 102 Å². The van der Waals surface area contributed by atoms with E-state index < -0.39 is 11.9 Å². The number of aliphatic carboxylic acids is 1. The maximum absolute atomic E-state index is 11.3. The van der Waals surface area contributed by atoms with Crippen LogP contribution in [0.25, 0.3) is 0 Å². The summed E-state index contributed by atoms with van der Waals surface area (Å²) in [6.45, 7) is 6.38. The molecule has 6 nitrogen and oxygen atoms in total. The Morgan fingerprint density at radius 1 is 1.29 bits per heavy atom. The maximum Gasteiger partial charge on any atom is 0.314 e. The van der Waals surface area contributed by atoms with Gasteiger partial charge in [-0.3, -0.25) is 4.79 Å². The third-order valence-corrected chi connectivity index (χ3v) is 2.60. The first-order valence-electron chi connectivity index (χ1n) is 5.90.